The molecule has 1 aromatic carbocycles. The lowest BCUT2D eigenvalue weighted by Gasteiger charge is -2.04. The topological polar surface area (TPSA) is 64.1 Å². The Kier molecular flexibility index (Phi) is 4.05. The molecule has 1 N–H and O–H groups in total. The van der Waals surface area contributed by atoms with Gasteiger partial charge in [-0.15, -0.1) is 0 Å². The summed E-state index contributed by atoms with van der Waals surface area (Å²) >= 11 is 4.17. The van der Waals surface area contributed by atoms with Crippen LogP contribution in [0.1, 0.15) is 5.56 Å². The van der Waals surface area contributed by atoms with Gasteiger partial charge in [-0.1, -0.05) is 30.3 Å². The molecule has 1 heterocycles. The van der Waals surface area contributed by atoms with E-state index < -0.39 is 6.09 Å². The molecule has 5 nitrogen and oxygen atoms in total. The molecule has 1 amide bonds. The normalized spacial score (nSPS) is 9.94. The van der Waals surface area contributed by atoms with Gasteiger partial charge in [-0.3, -0.25) is 5.32 Å². The maximum atomic E-state index is 11.4. The van der Waals surface area contributed by atoms with E-state index in [9.17, 15) is 4.79 Å². The summed E-state index contributed by atoms with van der Waals surface area (Å²) in [5.41, 5.74) is 0.932. The average Bonchev–Trinajstić information content (AvgIpc) is 2.73. The summed E-state index contributed by atoms with van der Waals surface area (Å²) in [4.78, 5) is 15.3. The van der Waals surface area contributed by atoms with Crippen molar-refractivity contribution in [1.29, 1.82) is 0 Å². The molecule has 0 fully saturated rings. The first kappa shape index (κ1) is 12.0. The zero-order valence-electron chi connectivity index (χ0n) is 8.59. The number of carbonyl (C=O) groups is 1. The van der Waals surface area contributed by atoms with Gasteiger partial charge in [0, 0.05) is 11.5 Å². The highest BCUT2D eigenvalue weighted by Crippen LogP contribution is 2.15. The lowest BCUT2D eigenvalue weighted by molar-refractivity contribution is 0.155. The van der Waals surface area contributed by atoms with E-state index in [0.717, 1.165) is 17.1 Å². The van der Waals surface area contributed by atoms with Crippen LogP contribution in [-0.4, -0.2) is 15.5 Å². The maximum absolute atomic E-state index is 11.4. The molecule has 17 heavy (non-hydrogen) atoms. The lowest BCUT2D eigenvalue weighted by Crippen LogP contribution is -2.13. The number of rotatable bonds is 3. The van der Waals surface area contributed by atoms with E-state index in [-0.39, 0.29) is 6.61 Å². The Morgan fingerprint density at radius 2 is 2.18 bits per heavy atom. The molecule has 0 unspecified atom stereocenters. The number of aromatic nitrogens is 2. The molecule has 0 spiro atoms. The van der Waals surface area contributed by atoms with Crippen molar-refractivity contribution in [3.05, 3.63) is 40.6 Å². The fourth-order valence-corrected chi connectivity index (χ4v) is 2.07. The van der Waals surface area contributed by atoms with Crippen LogP contribution in [0.5, 0.6) is 0 Å². The van der Waals surface area contributed by atoms with Crippen LogP contribution in [-0.2, 0) is 11.3 Å². The Morgan fingerprint density at radius 3 is 2.82 bits per heavy atom. The molecule has 0 saturated heterocycles. The fraction of sp³-hybridized carbons (Fsp3) is 0.100. The number of nitrogens with zero attached hydrogens (tertiary/aromatic N) is 2. The standard InChI is InChI=1S/C10H8BrN3O2S/c11-8-12-9(17-14-8)13-10(15)16-6-7-4-2-1-3-5-7/h1-5H,6H2,(H,12,13,14,15). The second kappa shape index (κ2) is 5.74. The Labute approximate surface area is 110 Å². The van der Waals surface area contributed by atoms with Crippen molar-refractivity contribution in [2.24, 2.45) is 0 Å². The van der Waals surface area contributed by atoms with E-state index in [1.807, 2.05) is 30.3 Å². The van der Waals surface area contributed by atoms with E-state index in [0.29, 0.717) is 9.87 Å². The third-order valence-corrected chi connectivity index (χ3v) is 3.04. The van der Waals surface area contributed by atoms with E-state index in [1.165, 1.54) is 0 Å². The molecule has 7 heteroatoms. The fourth-order valence-electron chi connectivity index (χ4n) is 1.10. The van der Waals surface area contributed by atoms with Crippen molar-refractivity contribution in [2.75, 3.05) is 5.32 Å². The summed E-state index contributed by atoms with van der Waals surface area (Å²) in [7, 11) is 0. The van der Waals surface area contributed by atoms with Crippen molar-refractivity contribution in [3.8, 4) is 0 Å². The molecule has 88 valence electrons. The molecule has 2 aromatic rings. The summed E-state index contributed by atoms with van der Waals surface area (Å²) in [6.45, 7) is 0.229. The van der Waals surface area contributed by atoms with Crippen molar-refractivity contribution in [3.63, 3.8) is 0 Å². The van der Waals surface area contributed by atoms with E-state index in [4.69, 9.17) is 4.74 Å². The number of hydrogen-bond donors (Lipinski definition) is 1. The predicted octanol–water partition coefficient (Wildman–Crippen LogP) is 3.05. The summed E-state index contributed by atoms with van der Waals surface area (Å²) in [6, 6.07) is 9.45. The molecule has 0 aliphatic heterocycles. The minimum atomic E-state index is -0.544. The lowest BCUT2D eigenvalue weighted by atomic mass is 10.2. The second-order valence-electron chi connectivity index (χ2n) is 3.06. The van der Waals surface area contributed by atoms with Crippen molar-refractivity contribution in [1.82, 2.24) is 9.36 Å². The third kappa shape index (κ3) is 3.79. The van der Waals surface area contributed by atoms with Gasteiger partial charge >= 0.3 is 6.09 Å². The Morgan fingerprint density at radius 1 is 1.41 bits per heavy atom. The number of nitrogens with one attached hydrogen (secondary N) is 1. The van der Waals surface area contributed by atoms with Crippen molar-refractivity contribution < 1.29 is 9.53 Å². The molecule has 0 radical (unpaired) electrons. The molecule has 0 bridgehead atoms. The number of carbonyl (C=O) groups excluding carboxylic acids is 1. The number of hydrogen-bond acceptors (Lipinski definition) is 5. The van der Waals surface area contributed by atoms with Crippen LogP contribution in [0.2, 0.25) is 0 Å². The monoisotopic (exact) mass is 313 g/mol. The van der Waals surface area contributed by atoms with Gasteiger partial charge in [-0.25, -0.2) is 4.79 Å². The van der Waals surface area contributed by atoms with Gasteiger partial charge in [0.1, 0.15) is 6.61 Å². The van der Waals surface area contributed by atoms with Crippen molar-refractivity contribution >= 4 is 38.7 Å². The maximum Gasteiger partial charge on any atom is 0.413 e. The molecular formula is C10H8BrN3O2S. The first-order valence-corrected chi connectivity index (χ1v) is 6.27. The number of amides is 1. The van der Waals surface area contributed by atoms with E-state index in [1.54, 1.807) is 0 Å². The van der Waals surface area contributed by atoms with Gasteiger partial charge in [-0.2, -0.15) is 9.36 Å². The average molecular weight is 314 g/mol. The number of halogens is 1. The highest BCUT2D eigenvalue weighted by molar-refractivity contribution is 9.10. The summed E-state index contributed by atoms with van der Waals surface area (Å²) in [6.07, 6.45) is -0.544. The van der Waals surface area contributed by atoms with Crippen LogP contribution in [0.3, 0.4) is 0 Å². The van der Waals surface area contributed by atoms with E-state index in [2.05, 4.69) is 30.6 Å². The van der Waals surface area contributed by atoms with Crippen LogP contribution in [0.4, 0.5) is 9.93 Å². The molecule has 0 aliphatic carbocycles. The Hall–Kier alpha value is -1.47. The molecule has 1 aromatic heterocycles. The van der Waals surface area contributed by atoms with E-state index >= 15 is 0 Å². The molecule has 0 saturated carbocycles. The third-order valence-electron chi connectivity index (χ3n) is 1.82. The Bertz CT molecular complexity index is 503. The van der Waals surface area contributed by atoms with Crippen molar-refractivity contribution in [2.45, 2.75) is 6.61 Å². The predicted molar refractivity (Wildman–Crippen MR) is 67.9 cm³/mol. The smallest absolute Gasteiger partial charge is 0.413 e. The first-order valence-electron chi connectivity index (χ1n) is 4.71. The van der Waals surface area contributed by atoms with Gasteiger partial charge in [0.25, 0.3) is 0 Å². The summed E-state index contributed by atoms with van der Waals surface area (Å²) < 4.78 is 9.32. The molecular weight excluding hydrogens is 306 g/mol. The molecule has 0 atom stereocenters. The van der Waals surface area contributed by atoms with Crippen LogP contribution >= 0.6 is 27.5 Å². The number of ether oxygens (including phenoxy) is 1. The second-order valence-corrected chi connectivity index (χ2v) is 4.52. The van der Waals surface area contributed by atoms with Gasteiger partial charge in [-0.05, 0) is 21.5 Å². The van der Waals surface area contributed by atoms with Gasteiger partial charge in [0.2, 0.25) is 9.87 Å². The van der Waals surface area contributed by atoms with Crippen LogP contribution in [0.25, 0.3) is 0 Å². The summed E-state index contributed by atoms with van der Waals surface area (Å²) in [5, 5.41) is 2.88. The number of anilines is 1. The van der Waals surface area contributed by atoms with Crippen LogP contribution < -0.4 is 5.32 Å². The minimum Gasteiger partial charge on any atom is -0.444 e. The van der Waals surface area contributed by atoms with Gasteiger partial charge in [0.05, 0.1) is 0 Å². The largest absolute Gasteiger partial charge is 0.444 e. The molecule has 2 rings (SSSR count). The molecule has 0 aliphatic rings. The highest BCUT2D eigenvalue weighted by Gasteiger charge is 2.07. The zero-order valence-corrected chi connectivity index (χ0v) is 11.0. The highest BCUT2D eigenvalue weighted by atomic mass is 79.9. The van der Waals surface area contributed by atoms with Gasteiger partial charge in [0.15, 0.2) is 0 Å². The zero-order chi connectivity index (χ0) is 12.1. The summed E-state index contributed by atoms with van der Waals surface area (Å²) in [5.74, 6) is 0. The van der Waals surface area contributed by atoms with Crippen LogP contribution in [0, 0.1) is 0 Å². The quantitative estimate of drug-likeness (QED) is 0.946. The first-order chi connectivity index (χ1) is 8.24. The SMILES string of the molecule is O=C(Nc1nc(Br)ns1)OCc1ccccc1. The Balaban J connectivity index is 1.82. The van der Waals surface area contributed by atoms with Crippen LogP contribution in [0.15, 0.2) is 35.1 Å². The van der Waals surface area contributed by atoms with Gasteiger partial charge < -0.3 is 4.74 Å². The number of benzene rings is 1. The minimum absolute atomic E-state index is 0.229.